The number of guanidine groups is 1. The van der Waals surface area contributed by atoms with Gasteiger partial charge in [-0.05, 0) is 54.2 Å². The number of carbonyl (C=O) groups is 2. The molecule has 3 N–H and O–H groups in total. The van der Waals surface area contributed by atoms with E-state index in [9.17, 15) is 9.59 Å². The molecule has 10 heteroatoms. The molecule has 164 valence electrons. The molecule has 10 nitrogen and oxygen atoms in total. The number of amides is 2. The zero-order valence-corrected chi connectivity index (χ0v) is 18.1. The quantitative estimate of drug-likeness (QED) is 0.614. The van der Waals surface area contributed by atoms with Gasteiger partial charge in [-0.15, -0.1) is 10.0 Å². The molecule has 2 saturated heterocycles. The molecule has 6 rings (SSSR count). The minimum absolute atomic E-state index is 0.00926. The first kappa shape index (κ1) is 19.3. The van der Waals surface area contributed by atoms with Crippen molar-refractivity contribution in [2.45, 2.75) is 32.1 Å². The molecule has 2 atom stereocenters. The highest BCUT2D eigenvalue weighted by atomic mass is 16.2. The van der Waals surface area contributed by atoms with Crippen LogP contribution in [-0.2, 0) is 15.0 Å². The zero-order valence-electron chi connectivity index (χ0n) is 18.1. The van der Waals surface area contributed by atoms with Crippen molar-refractivity contribution in [1.29, 1.82) is 0 Å². The van der Waals surface area contributed by atoms with E-state index in [4.69, 9.17) is 10.1 Å². The number of benzene rings is 1. The Labute approximate surface area is 185 Å². The Morgan fingerprint density at radius 2 is 2.06 bits per heavy atom. The first-order chi connectivity index (χ1) is 15.3. The number of amidine groups is 1. The van der Waals surface area contributed by atoms with E-state index in [1.54, 1.807) is 12.4 Å². The van der Waals surface area contributed by atoms with Crippen LogP contribution in [0.25, 0.3) is 0 Å². The summed E-state index contributed by atoms with van der Waals surface area (Å²) in [6.07, 6.45) is 6.97. The molecule has 1 aromatic rings. The molecule has 0 radical (unpaired) electrons. The summed E-state index contributed by atoms with van der Waals surface area (Å²) < 4.78 is 0.0789. The van der Waals surface area contributed by atoms with Crippen LogP contribution in [0.1, 0.15) is 32.3 Å². The largest absolute Gasteiger partial charge is 0.356 e. The summed E-state index contributed by atoms with van der Waals surface area (Å²) in [5, 5.41) is 16.3. The zero-order chi connectivity index (χ0) is 22.1. The molecule has 5 heterocycles. The molecule has 0 aliphatic carbocycles. The summed E-state index contributed by atoms with van der Waals surface area (Å²) in [6, 6.07) is 5.80. The van der Waals surface area contributed by atoms with Crippen LogP contribution in [0, 0.1) is 5.41 Å². The van der Waals surface area contributed by atoms with E-state index in [0.717, 1.165) is 42.9 Å². The smallest absolute Gasteiger partial charge is 0.301 e. The second-order valence-corrected chi connectivity index (χ2v) is 9.51. The van der Waals surface area contributed by atoms with Crippen molar-refractivity contribution in [3.05, 3.63) is 36.2 Å². The van der Waals surface area contributed by atoms with Crippen molar-refractivity contribution in [2.75, 3.05) is 30.3 Å². The van der Waals surface area contributed by atoms with Crippen LogP contribution in [0.3, 0.4) is 0 Å². The van der Waals surface area contributed by atoms with Crippen LogP contribution in [-0.4, -0.2) is 59.2 Å². The highest BCUT2D eigenvalue weighted by Crippen LogP contribution is 2.42. The molecule has 0 bridgehead atoms. The van der Waals surface area contributed by atoms with Gasteiger partial charge in [0.2, 0.25) is 11.8 Å². The predicted molar refractivity (Wildman–Crippen MR) is 121 cm³/mol. The lowest BCUT2D eigenvalue weighted by molar-refractivity contribution is -0.915. The Morgan fingerprint density at radius 3 is 2.88 bits per heavy atom. The first-order valence-electron chi connectivity index (χ1n) is 10.9. The number of quaternary nitrogens is 1. The summed E-state index contributed by atoms with van der Waals surface area (Å²) in [6.45, 7) is 5.92. The van der Waals surface area contributed by atoms with Crippen LogP contribution in [0.15, 0.2) is 45.7 Å². The second-order valence-electron chi connectivity index (χ2n) is 9.51. The third kappa shape index (κ3) is 2.56. The third-order valence-electron chi connectivity index (χ3n) is 7.26. The van der Waals surface area contributed by atoms with Gasteiger partial charge in [-0.1, -0.05) is 6.07 Å². The fraction of sp³-hybridized carbons (Fsp3) is 0.409. The number of hydrogen-bond acceptors (Lipinski definition) is 7. The van der Waals surface area contributed by atoms with Crippen LogP contribution in [0.2, 0.25) is 0 Å². The second kappa shape index (κ2) is 6.33. The molecule has 2 unspecified atom stereocenters. The molecule has 5 aliphatic heterocycles. The minimum atomic E-state index is -0.547. The van der Waals surface area contributed by atoms with Crippen molar-refractivity contribution in [1.82, 2.24) is 10.3 Å². The topological polar surface area (TPSA) is 111 Å². The highest BCUT2D eigenvalue weighted by Gasteiger charge is 2.56. The van der Waals surface area contributed by atoms with Gasteiger partial charge < -0.3 is 16.0 Å². The Balaban J connectivity index is 1.29. The van der Waals surface area contributed by atoms with Gasteiger partial charge in [0.15, 0.2) is 6.20 Å². The maximum Gasteiger partial charge on any atom is 0.301 e. The summed E-state index contributed by atoms with van der Waals surface area (Å²) in [4.78, 5) is 33.7. The van der Waals surface area contributed by atoms with Crippen LogP contribution in [0.4, 0.5) is 11.4 Å². The standard InChI is InChI=1S/C22H24N8O2/c1-21(2)15-4-3-14(11-16(15)26-18(21)31)25-20-27-17-12-23-8-10-30(17,28-20)29-9-6-22(13-29)5-7-24-19(22)32/h3-4,8,10-12H,5-7,9,13H2,1-2H3,(H2-,24,25,26,28,31,32)/p+1. The summed E-state index contributed by atoms with van der Waals surface area (Å²) in [5.74, 6) is 1.26. The van der Waals surface area contributed by atoms with Gasteiger partial charge in [-0.3, -0.25) is 14.6 Å². The van der Waals surface area contributed by atoms with Gasteiger partial charge in [0.05, 0.1) is 30.1 Å². The van der Waals surface area contributed by atoms with E-state index in [2.05, 4.69) is 26.0 Å². The number of aliphatic imine (C=N–C) groups is 2. The van der Waals surface area contributed by atoms with Crippen molar-refractivity contribution < 1.29 is 14.3 Å². The van der Waals surface area contributed by atoms with Crippen molar-refractivity contribution in [3.8, 4) is 0 Å². The lowest BCUT2D eigenvalue weighted by atomic mass is 9.86. The molecule has 0 saturated carbocycles. The highest BCUT2D eigenvalue weighted by molar-refractivity contribution is 6.30. The lowest BCUT2D eigenvalue weighted by Gasteiger charge is -2.32. The van der Waals surface area contributed by atoms with Crippen LogP contribution >= 0.6 is 0 Å². The lowest BCUT2D eigenvalue weighted by Crippen LogP contribution is -2.56. The molecule has 0 aromatic heterocycles. The SMILES string of the molecule is CC1(C)C(=O)Nc2cc(NC3=N[N+]4(N5CCC6(CCNC6=O)C5)C=CN=CC4=N3)ccc21. The normalized spacial score (nSPS) is 31.9. The van der Waals surface area contributed by atoms with E-state index < -0.39 is 5.41 Å². The van der Waals surface area contributed by atoms with E-state index >= 15 is 0 Å². The van der Waals surface area contributed by atoms with E-state index in [1.807, 2.05) is 38.2 Å². The summed E-state index contributed by atoms with van der Waals surface area (Å²) >= 11 is 0. The third-order valence-corrected chi connectivity index (χ3v) is 7.26. The number of fused-ring (bicyclic) bond motifs is 2. The van der Waals surface area contributed by atoms with Crippen LogP contribution in [0.5, 0.6) is 0 Å². The van der Waals surface area contributed by atoms with Gasteiger partial charge in [-0.2, -0.15) is 0 Å². The van der Waals surface area contributed by atoms with Crippen LogP contribution < -0.4 is 16.0 Å². The summed E-state index contributed by atoms with van der Waals surface area (Å²) in [5.41, 5.74) is 1.66. The Morgan fingerprint density at radius 1 is 1.19 bits per heavy atom. The van der Waals surface area contributed by atoms with Gasteiger partial charge >= 0.3 is 5.84 Å². The average molecular weight is 433 g/mol. The Kier molecular flexibility index (Phi) is 3.82. The minimum Gasteiger partial charge on any atom is -0.356 e. The number of nitrogens with one attached hydrogen (secondary N) is 3. The fourth-order valence-corrected chi connectivity index (χ4v) is 5.24. The first-order valence-corrected chi connectivity index (χ1v) is 10.9. The Hall–Kier alpha value is -3.37. The van der Waals surface area contributed by atoms with Gasteiger partial charge in [-0.25, -0.2) is 0 Å². The maximum atomic E-state index is 12.5. The van der Waals surface area contributed by atoms with Gasteiger partial charge in [0.1, 0.15) is 6.21 Å². The molecule has 5 aliphatic rings. The number of carbonyl (C=O) groups excluding carboxylic acids is 2. The van der Waals surface area contributed by atoms with Crippen molar-refractivity contribution in [2.24, 2.45) is 20.5 Å². The molecule has 2 amide bonds. The molecular weight excluding hydrogens is 408 g/mol. The average Bonchev–Trinajstić information content (AvgIpc) is 3.49. The monoisotopic (exact) mass is 433 g/mol. The fourth-order valence-electron chi connectivity index (χ4n) is 5.24. The predicted octanol–water partition coefficient (Wildman–Crippen LogP) is 1.51. The molecule has 1 aromatic carbocycles. The number of nitrogens with zero attached hydrogens (tertiary/aromatic N) is 5. The Bertz CT molecular complexity index is 1180. The van der Waals surface area contributed by atoms with Crippen molar-refractivity contribution in [3.63, 3.8) is 0 Å². The molecule has 32 heavy (non-hydrogen) atoms. The number of rotatable bonds is 2. The summed E-state index contributed by atoms with van der Waals surface area (Å²) in [7, 11) is 0. The van der Waals surface area contributed by atoms with Gasteiger partial charge in [0.25, 0.3) is 5.96 Å². The van der Waals surface area contributed by atoms with E-state index in [0.29, 0.717) is 18.3 Å². The number of hydrogen-bond donors (Lipinski definition) is 3. The number of anilines is 2. The maximum absolute atomic E-state index is 12.5. The van der Waals surface area contributed by atoms with Gasteiger partial charge in [0, 0.05) is 17.9 Å². The molecule has 1 spiro atoms. The van der Waals surface area contributed by atoms with E-state index in [-0.39, 0.29) is 21.9 Å². The van der Waals surface area contributed by atoms with Crippen molar-refractivity contribution >= 4 is 41.2 Å². The molecular formula is C22H25N8O2+. The molecule has 2 fully saturated rings. The van der Waals surface area contributed by atoms with E-state index in [1.165, 1.54) is 0 Å².